The summed E-state index contributed by atoms with van der Waals surface area (Å²) in [6, 6.07) is 8.91. The number of ether oxygens (including phenoxy) is 1. The third-order valence-electron chi connectivity index (χ3n) is 4.26. The van der Waals surface area contributed by atoms with Crippen LogP contribution in [0.2, 0.25) is 0 Å². The third kappa shape index (κ3) is 5.96. The Morgan fingerprint density at radius 1 is 1.11 bits per heavy atom. The van der Waals surface area contributed by atoms with Gasteiger partial charge in [-0.15, -0.1) is 0 Å². The van der Waals surface area contributed by atoms with Crippen molar-refractivity contribution in [3.05, 3.63) is 47.7 Å². The Balaban J connectivity index is 2.39. The molecule has 0 aliphatic heterocycles. The van der Waals surface area contributed by atoms with Crippen LogP contribution >= 0.6 is 0 Å². The van der Waals surface area contributed by atoms with Crippen LogP contribution in [0.1, 0.15) is 58.1 Å². The molecule has 0 aliphatic rings. The average Bonchev–Trinajstić information content (AvgIpc) is 2.57. The zero-order valence-electron chi connectivity index (χ0n) is 16.9. The van der Waals surface area contributed by atoms with E-state index in [0.717, 1.165) is 30.4 Å². The number of pyridine rings is 1. The van der Waals surface area contributed by atoms with Crippen LogP contribution in [0.3, 0.4) is 0 Å². The molecule has 0 aliphatic carbocycles. The third-order valence-corrected chi connectivity index (χ3v) is 5.64. The molecule has 0 unspecified atom stereocenters. The summed E-state index contributed by atoms with van der Waals surface area (Å²) in [7, 11) is -3.82. The van der Waals surface area contributed by atoms with Crippen LogP contribution in [0, 0.1) is 6.92 Å². The summed E-state index contributed by atoms with van der Waals surface area (Å²) in [6.45, 7) is 10.7. The summed E-state index contributed by atoms with van der Waals surface area (Å²) in [5.41, 5.74) is 1.69. The van der Waals surface area contributed by atoms with Crippen molar-refractivity contribution in [2.75, 3.05) is 11.3 Å². The second-order valence-corrected chi connectivity index (χ2v) is 9.44. The molecule has 6 heteroatoms. The van der Waals surface area contributed by atoms with E-state index in [9.17, 15) is 8.42 Å². The van der Waals surface area contributed by atoms with Gasteiger partial charge in [0.2, 0.25) is 0 Å². The van der Waals surface area contributed by atoms with Crippen LogP contribution in [-0.2, 0) is 15.4 Å². The lowest BCUT2D eigenvalue weighted by Gasteiger charge is -2.21. The van der Waals surface area contributed by atoms with E-state index in [1.807, 2.05) is 19.1 Å². The summed E-state index contributed by atoms with van der Waals surface area (Å²) >= 11 is 0. The number of aryl methyl sites for hydroxylation is 1. The van der Waals surface area contributed by atoms with E-state index in [1.165, 1.54) is 0 Å². The number of hydrogen-bond donors (Lipinski definition) is 1. The predicted molar refractivity (Wildman–Crippen MR) is 110 cm³/mol. The highest BCUT2D eigenvalue weighted by Crippen LogP contribution is 2.32. The monoisotopic (exact) mass is 390 g/mol. The van der Waals surface area contributed by atoms with Crippen molar-refractivity contribution < 1.29 is 13.2 Å². The Morgan fingerprint density at radius 3 is 2.48 bits per heavy atom. The van der Waals surface area contributed by atoms with E-state index in [2.05, 4.69) is 37.4 Å². The van der Waals surface area contributed by atoms with Gasteiger partial charge in [0.1, 0.15) is 16.5 Å². The minimum Gasteiger partial charge on any atom is -0.492 e. The second-order valence-electron chi connectivity index (χ2n) is 7.79. The Labute approximate surface area is 163 Å². The highest BCUT2D eigenvalue weighted by Gasteiger charge is 2.24. The molecular weight excluding hydrogens is 360 g/mol. The fraction of sp³-hybridized carbons (Fsp3) is 0.476. The molecule has 148 valence electrons. The first-order valence-electron chi connectivity index (χ1n) is 9.36. The molecule has 0 radical (unpaired) electrons. The topological polar surface area (TPSA) is 68.3 Å². The molecule has 2 rings (SSSR count). The van der Waals surface area contributed by atoms with Gasteiger partial charge in [0.25, 0.3) is 10.0 Å². The number of benzene rings is 1. The van der Waals surface area contributed by atoms with E-state index >= 15 is 0 Å². The van der Waals surface area contributed by atoms with Gasteiger partial charge in [-0.3, -0.25) is 4.72 Å². The van der Waals surface area contributed by atoms with Gasteiger partial charge in [0, 0.05) is 6.20 Å². The van der Waals surface area contributed by atoms with Gasteiger partial charge >= 0.3 is 0 Å². The molecule has 0 saturated carbocycles. The van der Waals surface area contributed by atoms with Crippen molar-refractivity contribution in [1.82, 2.24) is 4.98 Å². The van der Waals surface area contributed by atoms with Gasteiger partial charge in [-0.25, -0.2) is 13.4 Å². The Bertz CT molecular complexity index is 871. The second kappa shape index (κ2) is 8.74. The van der Waals surface area contributed by atoms with Crippen LogP contribution in [0.5, 0.6) is 5.75 Å². The van der Waals surface area contributed by atoms with E-state index < -0.39 is 10.0 Å². The molecule has 0 atom stereocenters. The maximum absolute atomic E-state index is 13.1. The van der Waals surface area contributed by atoms with Crippen LogP contribution in [-0.4, -0.2) is 20.0 Å². The number of anilines is 1. The summed E-state index contributed by atoms with van der Waals surface area (Å²) in [4.78, 5) is 4.25. The largest absolute Gasteiger partial charge is 0.492 e. The van der Waals surface area contributed by atoms with Crippen LogP contribution in [0.4, 0.5) is 5.82 Å². The van der Waals surface area contributed by atoms with Gasteiger partial charge in [0.05, 0.1) is 6.61 Å². The number of nitrogens with zero attached hydrogens (tertiary/aromatic N) is 1. The minimum absolute atomic E-state index is 0.148. The number of sulfonamides is 1. The zero-order valence-corrected chi connectivity index (χ0v) is 17.7. The fourth-order valence-electron chi connectivity index (χ4n) is 2.62. The maximum Gasteiger partial charge on any atom is 0.266 e. The number of nitrogens with one attached hydrogen (secondary N) is 1. The molecule has 1 aromatic carbocycles. The highest BCUT2D eigenvalue weighted by molar-refractivity contribution is 7.92. The minimum atomic E-state index is -3.82. The van der Waals surface area contributed by atoms with E-state index in [-0.39, 0.29) is 10.3 Å². The number of hydrogen-bond acceptors (Lipinski definition) is 4. The number of unbranched alkanes of at least 4 members (excludes halogenated alkanes) is 2. The molecule has 1 aromatic heterocycles. The Kier molecular flexibility index (Phi) is 6.87. The molecule has 0 amide bonds. The van der Waals surface area contributed by atoms with Gasteiger partial charge in [-0.05, 0) is 54.2 Å². The average molecular weight is 391 g/mol. The molecule has 0 bridgehead atoms. The molecule has 0 fully saturated rings. The van der Waals surface area contributed by atoms with E-state index in [0.29, 0.717) is 18.2 Å². The first-order valence-corrected chi connectivity index (χ1v) is 10.8. The van der Waals surface area contributed by atoms with E-state index in [4.69, 9.17) is 4.74 Å². The van der Waals surface area contributed by atoms with Crippen molar-refractivity contribution in [2.45, 2.75) is 64.2 Å². The number of aromatic nitrogens is 1. The van der Waals surface area contributed by atoms with E-state index in [1.54, 1.807) is 24.4 Å². The van der Waals surface area contributed by atoms with Gasteiger partial charge in [-0.1, -0.05) is 46.6 Å². The standard InChI is InChI=1S/C21H30N2O3S/c1-6-7-8-13-26-18-10-9-17(21(3,4)5)15-19(18)27(24,25)23-20-14-16(2)11-12-22-20/h9-12,14-15H,6-8,13H2,1-5H3,(H,22,23). The summed E-state index contributed by atoms with van der Waals surface area (Å²) in [5, 5.41) is 0. The molecule has 1 heterocycles. The summed E-state index contributed by atoms with van der Waals surface area (Å²) < 4.78 is 34.5. The van der Waals surface area contributed by atoms with Crippen molar-refractivity contribution in [3.8, 4) is 5.75 Å². The van der Waals surface area contributed by atoms with Gasteiger partial charge in [-0.2, -0.15) is 0 Å². The lowest BCUT2D eigenvalue weighted by molar-refractivity contribution is 0.298. The molecule has 27 heavy (non-hydrogen) atoms. The van der Waals surface area contributed by atoms with Crippen LogP contribution in [0.15, 0.2) is 41.4 Å². The molecular formula is C21H30N2O3S. The first kappa shape index (κ1) is 21.2. The fourth-order valence-corrected chi connectivity index (χ4v) is 3.79. The van der Waals surface area contributed by atoms with Crippen molar-refractivity contribution >= 4 is 15.8 Å². The predicted octanol–water partition coefficient (Wildman–Crippen LogP) is 5.06. The lowest BCUT2D eigenvalue weighted by atomic mass is 9.87. The smallest absolute Gasteiger partial charge is 0.266 e. The van der Waals surface area contributed by atoms with Crippen LogP contribution in [0.25, 0.3) is 0 Å². The van der Waals surface area contributed by atoms with Gasteiger partial charge in [0.15, 0.2) is 0 Å². The number of rotatable bonds is 8. The van der Waals surface area contributed by atoms with Gasteiger partial charge < -0.3 is 4.74 Å². The molecule has 0 spiro atoms. The lowest BCUT2D eigenvalue weighted by Crippen LogP contribution is -2.18. The summed E-state index contributed by atoms with van der Waals surface area (Å²) in [5.74, 6) is 0.673. The normalized spacial score (nSPS) is 12.0. The van der Waals surface area contributed by atoms with Crippen LogP contribution < -0.4 is 9.46 Å². The zero-order chi connectivity index (χ0) is 20.1. The van der Waals surface area contributed by atoms with Crippen molar-refractivity contribution in [1.29, 1.82) is 0 Å². The Morgan fingerprint density at radius 2 is 1.85 bits per heavy atom. The molecule has 5 nitrogen and oxygen atoms in total. The summed E-state index contributed by atoms with van der Waals surface area (Å²) in [6.07, 6.45) is 4.61. The Hall–Kier alpha value is -2.08. The highest BCUT2D eigenvalue weighted by atomic mass is 32.2. The molecule has 1 N–H and O–H groups in total. The maximum atomic E-state index is 13.1. The van der Waals surface area contributed by atoms with Crippen molar-refractivity contribution in [3.63, 3.8) is 0 Å². The SMILES string of the molecule is CCCCCOc1ccc(C(C)(C)C)cc1S(=O)(=O)Nc1cc(C)ccn1. The molecule has 2 aromatic rings. The first-order chi connectivity index (χ1) is 12.6. The van der Waals surface area contributed by atoms with Crippen molar-refractivity contribution in [2.24, 2.45) is 0 Å². The quantitative estimate of drug-likeness (QED) is 0.640. The molecule has 0 saturated heterocycles.